The molecule has 4 aromatic rings. The second-order valence-electron chi connectivity index (χ2n) is 7.07. The normalized spacial score (nSPS) is 11.0. The zero-order valence-electron chi connectivity index (χ0n) is 16.8. The SMILES string of the molecule is Cc1cnn(-c2ccc(OCc3c(C)cccc3-n3nnn(C)c3=O)c(C)c2)c1. The van der Waals surface area contributed by atoms with Crippen molar-refractivity contribution in [2.75, 3.05) is 0 Å². The fraction of sp³-hybridized carbons (Fsp3) is 0.238. The van der Waals surface area contributed by atoms with Gasteiger partial charge < -0.3 is 4.74 Å². The van der Waals surface area contributed by atoms with Gasteiger partial charge in [0.15, 0.2) is 0 Å². The number of hydrogen-bond acceptors (Lipinski definition) is 5. The van der Waals surface area contributed by atoms with E-state index in [4.69, 9.17) is 4.74 Å². The van der Waals surface area contributed by atoms with Crippen LogP contribution in [-0.4, -0.2) is 29.6 Å². The Labute approximate surface area is 168 Å². The second kappa shape index (κ2) is 7.38. The third kappa shape index (κ3) is 3.56. The van der Waals surface area contributed by atoms with Gasteiger partial charge in [0.05, 0.1) is 17.6 Å². The van der Waals surface area contributed by atoms with E-state index in [1.165, 1.54) is 9.36 Å². The molecule has 148 valence electrons. The summed E-state index contributed by atoms with van der Waals surface area (Å²) in [5.41, 5.74) is 5.36. The van der Waals surface area contributed by atoms with E-state index >= 15 is 0 Å². The van der Waals surface area contributed by atoms with E-state index in [1.807, 2.05) is 74.2 Å². The molecule has 0 aliphatic heterocycles. The van der Waals surface area contributed by atoms with Crippen LogP contribution in [0.3, 0.4) is 0 Å². The van der Waals surface area contributed by atoms with Crippen LogP contribution in [0.5, 0.6) is 5.75 Å². The molecular weight excluding hydrogens is 368 g/mol. The minimum Gasteiger partial charge on any atom is -0.489 e. The van der Waals surface area contributed by atoms with Crippen molar-refractivity contribution in [1.29, 1.82) is 0 Å². The minimum absolute atomic E-state index is 0.299. The summed E-state index contributed by atoms with van der Waals surface area (Å²) >= 11 is 0. The molecule has 29 heavy (non-hydrogen) atoms. The molecule has 8 heteroatoms. The number of nitrogens with zero attached hydrogens (tertiary/aromatic N) is 6. The number of rotatable bonds is 5. The van der Waals surface area contributed by atoms with Gasteiger partial charge in [-0.05, 0) is 72.2 Å². The van der Waals surface area contributed by atoms with Crippen LogP contribution in [0.4, 0.5) is 0 Å². The first kappa shape index (κ1) is 18.7. The Balaban J connectivity index is 1.61. The summed E-state index contributed by atoms with van der Waals surface area (Å²) in [6.45, 7) is 6.31. The number of benzene rings is 2. The van der Waals surface area contributed by atoms with Gasteiger partial charge >= 0.3 is 5.69 Å². The Morgan fingerprint density at radius 3 is 2.52 bits per heavy atom. The van der Waals surface area contributed by atoms with E-state index in [-0.39, 0.29) is 5.69 Å². The maximum atomic E-state index is 12.3. The van der Waals surface area contributed by atoms with Crippen molar-refractivity contribution in [3.63, 3.8) is 0 Å². The fourth-order valence-electron chi connectivity index (χ4n) is 3.18. The van der Waals surface area contributed by atoms with E-state index in [2.05, 4.69) is 15.5 Å². The van der Waals surface area contributed by atoms with E-state index in [0.29, 0.717) is 12.3 Å². The van der Waals surface area contributed by atoms with Gasteiger partial charge in [-0.3, -0.25) is 0 Å². The molecule has 0 saturated heterocycles. The van der Waals surface area contributed by atoms with E-state index in [1.54, 1.807) is 7.05 Å². The van der Waals surface area contributed by atoms with Crippen molar-refractivity contribution in [2.45, 2.75) is 27.4 Å². The zero-order chi connectivity index (χ0) is 20.5. The lowest BCUT2D eigenvalue weighted by Crippen LogP contribution is -2.23. The average molecular weight is 390 g/mol. The van der Waals surface area contributed by atoms with E-state index in [0.717, 1.165) is 33.7 Å². The monoisotopic (exact) mass is 390 g/mol. The quantitative estimate of drug-likeness (QED) is 0.523. The standard InChI is InChI=1S/C21H22N6O2/c1-14-11-22-26(12-14)17-8-9-20(16(3)10-17)29-13-18-15(2)6-5-7-19(18)27-21(28)25(4)23-24-27/h5-12H,13H2,1-4H3. The van der Waals surface area contributed by atoms with Crippen LogP contribution >= 0.6 is 0 Å². The van der Waals surface area contributed by atoms with Crippen molar-refractivity contribution in [1.82, 2.24) is 29.6 Å². The highest BCUT2D eigenvalue weighted by Crippen LogP contribution is 2.24. The summed E-state index contributed by atoms with van der Waals surface area (Å²) in [6, 6.07) is 11.7. The molecule has 0 unspecified atom stereocenters. The number of aromatic nitrogens is 6. The smallest absolute Gasteiger partial charge is 0.368 e. The van der Waals surface area contributed by atoms with Gasteiger partial charge in [0, 0.05) is 18.8 Å². The van der Waals surface area contributed by atoms with Gasteiger partial charge in [0.25, 0.3) is 0 Å². The molecule has 8 nitrogen and oxygen atoms in total. The maximum absolute atomic E-state index is 12.3. The maximum Gasteiger partial charge on any atom is 0.368 e. The van der Waals surface area contributed by atoms with Crippen LogP contribution < -0.4 is 10.4 Å². The molecule has 0 atom stereocenters. The van der Waals surface area contributed by atoms with E-state index < -0.39 is 0 Å². The van der Waals surface area contributed by atoms with Crippen molar-refractivity contribution in [2.24, 2.45) is 7.05 Å². The third-order valence-corrected chi connectivity index (χ3v) is 4.84. The summed E-state index contributed by atoms with van der Waals surface area (Å²) in [4.78, 5) is 12.3. The summed E-state index contributed by atoms with van der Waals surface area (Å²) in [5, 5.41) is 12.1. The van der Waals surface area contributed by atoms with Crippen molar-refractivity contribution >= 4 is 0 Å². The molecule has 0 saturated carbocycles. The number of tetrazole rings is 1. The van der Waals surface area contributed by atoms with E-state index in [9.17, 15) is 4.79 Å². The first-order valence-electron chi connectivity index (χ1n) is 9.27. The Kier molecular flexibility index (Phi) is 4.75. The molecule has 0 amide bonds. The van der Waals surface area contributed by atoms with Gasteiger partial charge in [-0.2, -0.15) is 14.5 Å². The van der Waals surface area contributed by atoms with Crippen molar-refractivity contribution in [3.8, 4) is 17.1 Å². The molecule has 0 spiro atoms. The van der Waals surface area contributed by atoms with Crippen LogP contribution in [0.15, 0.2) is 53.6 Å². The number of aryl methyl sites for hydroxylation is 4. The highest BCUT2D eigenvalue weighted by Gasteiger charge is 2.14. The summed E-state index contributed by atoms with van der Waals surface area (Å²) in [5.74, 6) is 0.776. The molecule has 0 aliphatic carbocycles. The summed E-state index contributed by atoms with van der Waals surface area (Å²) < 4.78 is 10.4. The molecule has 2 aromatic carbocycles. The predicted octanol–water partition coefficient (Wildman–Crippen LogP) is 2.66. The van der Waals surface area contributed by atoms with Gasteiger partial charge in [-0.25, -0.2) is 9.48 Å². The molecule has 0 bridgehead atoms. The first-order chi connectivity index (χ1) is 13.9. The summed E-state index contributed by atoms with van der Waals surface area (Å²) in [7, 11) is 1.57. The molecule has 0 aliphatic rings. The summed E-state index contributed by atoms with van der Waals surface area (Å²) in [6.07, 6.45) is 3.81. The largest absolute Gasteiger partial charge is 0.489 e. The Morgan fingerprint density at radius 1 is 1.03 bits per heavy atom. The minimum atomic E-state index is -0.299. The molecule has 0 radical (unpaired) electrons. The Morgan fingerprint density at radius 2 is 1.86 bits per heavy atom. The Bertz CT molecular complexity index is 1230. The number of ether oxygens (including phenoxy) is 1. The Hall–Kier alpha value is -3.68. The molecule has 2 aromatic heterocycles. The molecule has 0 fully saturated rings. The van der Waals surface area contributed by atoms with Gasteiger partial charge in [0.1, 0.15) is 12.4 Å². The van der Waals surface area contributed by atoms with Crippen LogP contribution in [0.2, 0.25) is 0 Å². The van der Waals surface area contributed by atoms with Crippen molar-refractivity contribution in [3.05, 3.63) is 81.5 Å². The van der Waals surface area contributed by atoms with Crippen LogP contribution in [0.1, 0.15) is 22.3 Å². The van der Waals surface area contributed by atoms with Crippen LogP contribution in [0.25, 0.3) is 11.4 Å². The lowest BCUT2D eigenvalue weighted by Gasteiger charge is -2.15. The topological polar surface area (TPSA) is 79.8 Å². The van der Waals surface area contributed by atoms with Crippen LogP contribution in [-0.2, 0) is 13.7 Å². The third-order valence-electron chi connectivity index (χ3n) is 4.84. The molecule has 4 rings (SSSR count). The second-order valence-corrected chi connectivity index (χ2v) is 7.07. The number of hydrogen-bond donors (Lipinski definition) is 0. The highest BCUT2D eigenvalue weighted by atomic mass is 16.5. The van der Waals surface area contributed by atoms with Gasteiger partial charge in [-0.15, -0.1) is 0 Å². The predicted molar refractivity (Wildman–Crippen MR) is 109 cm³/mol. The lowest BCUT2D eigenvalue weighted by atomic mass is 10.1. The highest BCUT2D eigenvalue weighted by molar-refractivity contribution is 5.46. The average Bonchev–Trinajstić information content (AvgIpc) is 3.27. The first-order valence-corrected chi connectivity index (χ1v) is 9.27. The van der Waals surface area contributed by atoms with Gasteiger partial charge in [0.2, 0.25) is 0 Å². The molecule has 0 N–H and O–H groups in total. The van der Waals surface area contributed by atoms with Gasteiger partial charge in [-0.1, -0.05) is 12.1 Å². The zero-order valence-corrected chi connectivity index (χ0v) is 16.8. The van der Waals surface area contributed by atoms with Crippen molar-refractivity contribution < 1.29 is 4.74 Å². The molecule has 2 heterocycles. The lowest BCUT2D eigenvalue weighted by molar-refractivity contribution is 0.302. The van der Waals surface area contributed by atoms with Crippen LogP contribution in [0, 0.1) is 20.8 Å². The fourth-order valence-corrected chi connectivity index (χ4v) is 3.18. The molecular formula is C21H22N6O2.